The molecule has 0 unspecified atom stereocenters. The summed E-state index contributed by atoms with van der Waals surface area (Å²) < 4.78 is 4.99. The van der Waals surface area contributed by atoms with E-state index in [1.165, 1.54) is 50.1 Å². The Morgan fingerprint density at radius 1 is 0.379 bits per heavy atom. The summed E-state index contributed by atoms with van der Waals surface area (Å²) in [5, 5.41) is 0. The van der Waals surface area contributed by atoms with Gasteiger partial charge in [-0.2, -0.15) is 0 Å². The van der Waals surface area contributed by atoms with E-state index in [0.717, 1.165) is 0 Å². The molecule has 0 heterocycles. The molecule has 29 heavy (non-hydrogen) atoms. The predicted molar refractivity (Wildman–Crippen MR) is 130 cm³/mol. The Bertz CT molecular complexity index is 856. The van der Waals surface area contributed by atoms with Gasteiger partial charge < -0.3 is 5.48 Å². The Hall–Kier alpha value is -1.58. The normalized spacial score (nSPS) is 11.0. The van der Waals surface area contributed by atoms with Gasteiger partial charge in [0.2, 0.25) is 0 Å². The Balaban J connectivity index is 0.00000300. The van der Waals surface area contributed by atoms with Gasteiger partial charge in [-0.25, -0.2) is 0 Å². The van der Waals surface area contributed by atoms with Crippen LogP contribution in [0.4, 0.5) is 0 Å². The summed E-state index contributed by atoms with van der Waals surface area (Å²) in [6, 6.07) is 14.3. The fourth-order valence-corrected chi connectivity index (χ4v) is 15.2. The first-order chi connectivity index (χ1) is 13.1. The van der Waals surface area contributed by atoms with Crippen molar-refractivity contribution in [2.75, 3.05) is 0 Å². The molecular weight excluding hydrogens is 459 g/mol. The Labute approximate surface area is 184 Å². The zero-order valence-corrected chi connectivity index (χ0v) is 22.3. The summed E-state index contributed by atoms with van der Waals surface area (Å²) in [7, 11) is 0. The second kappa shape index (κ2) is 9.05. The van der Waals surface area contributed by atoms with Gasteiger partial charge >= 0.3 is 179 Å². The Morgan fingerprint density at radius 2 is 0.552 bits per heavy atom. The van der Waals surface area contributed by atoms with Crippen LogP contribution < -0.4 is 10.7 Å². The third kappa shape index (κ3) is 4.62. The van der Waals surface area contributed by atoms with E-state index < -0.39 is 19.8 Å². The number of hydrogen-bond acceptors (Lipinski definition) is 0. The molecule has 3 aromatic rings. The number of rotatable bonds is 3. The van der Waals surface area contributed by atoms with Gasteiger partial charge in [-0.15, -0.1) is 0 Å². The maximum Gasteiger partial charge on any atom is -0.412 e. The molecule has 0 aliphatic carbocycles. The van der Waals surface area contributed by atoms with E-state index in [4.69, 9.17) is 0 Å². The molecule has 2 heteroatoms. The van der Waals surface area contributed by atoms with Crippen LogP contribution in [0, 0.1) is 62.3 Å². The average molecular weight is 494 g/mol. The Kier molecular flexibility index (Phi) is 7.40. The van der Waals surface area contributed by atoms with E-state index in [2.05, 4.69) is 98.7 Å². The van der Waals surface area contributed by atoms with Crippen molar-refractivity contribution in [2.24, 2.45) is 0 Å². The van der Waals surface area contributed by atoms with Crippen molar-refractivity contribution in [1.82, 2.24) is 0 Å². The fraction of sp³-hybridized carbons (Fsp3) is 0.333. The molecule has 0 fully saturated rings. The van der Waals surface area contributed by atoms with Crippen LogP contribution in [-0.2, 0) is 0 Å². The minimum Gasteiger partial charge on any atom is -0.412 e. The average Bonchev–Trinajstić information content (AvgIpc) is 2.51. The first-order valence-corrected chi connectivity index (χ1v) is 14.5. The number of hydrogen-bond donors (Lipinski definition) is 0. The van der Waals surface area contributed by atoms with Gasteiger partial charge in [0, 0.05) is 0 Å². The van der Waals surface area contributed by atoms with Crippen LogP contribution in [-0.4, -0.2) is 25.2 Å². The number of aryl methyl sites for hydroxylation is 9. The molecule has 1 nitrogen and oxygen atoms in total. The molecule has 0 amide bonds. The molecule has 0 bridgehead atoms. The topological polar surface area (TPSA) is 31.5 Å². The van der Waals surface area contributed by atoms with Gasteiger partial charge in [0.25, 0.3) is 0 Å². The molecule has 0 saturated heterocycles. The van der Waals surface area contributed by atoms with Crippen molar-refractivity contribution in [2.45, 2.75) is 62.3 Å². The van der Waals surface area contributed by atoms with E-state index in [9.17, 15) is 0 Å². The van der Waals surface area contributed by atoms with Crippen LogP contribution in [0.15, 0.2) is 36.4 Å². The summed E-state index contributed by atoms with van der Waals surface area (Å²) in [5.41, 5.74) is 13.0. The first-order valence-electron chi connectivity index (χ1n) is 10.2. The fourth-order valence-electron chi connectivity index (χ4n) is 5.10. The molecule has 3 aromatic carbocycles. The van der Waals surface area contributed by atoms with Gasteiger partial charge in [-0.1, -0.05) is 0 Å². The van der Waals surface area contributed by atoms with Gasteiger partial charge in [0.1, 0.15) is 0 Å². The quantitative estimate of drug-likeness (QED) is 0.491. The molecule has 0 saturated carbocycles. The van der Waals surface area contributed by atoms with E-state index in [-0.39, 0.29) is 5.48 Å². The van der Waals surface area contributed by atoms with Crippen molar-refractivity contribution < 1.29 is 5.48 Å². The summed E-state index contributed by atoms with van der Waals surface area (Å²) in [4.78, 5) is 0. The van der Waals surface area contributed by atoms with E-state index >= 15 is 0 Å². The second-order valence-electron chi connectivity index (χ2n) is 8.70. The molecule has 0 aromatic heterocycles. The molecule has 0 aliphatic rings. The largest absolute Gasteiger partial charge is 0.412 e. The third-order valence-corrected chi connectivity index (χ3v) is 16.8. The van der Waals surface area contributed by atoms with E-state index in [1.54, 1.807) is 10.7 Å². The minimum atomic E-state index is -2.39. The molecule has 1 radical (unpaired) electrons. The Morgan fingerprint density at radius 3 is 0.724 bits per heavy atom. The summed E-state index contributed by atoms with van der Waals surface area (Å²) in [6.45, 7) is 20.6. The minimum absolute atomic E-state index is 0. The molecule has 2 N–H and O–H groups in total. The zero-order valence-electron chi connectivity index (χ0n) is 19.5. The van der Waals surface area contributed by atoms with Gasteiger partial charge in [-0.05, 0) is 0 Å². The molecule has 0 atom stereocenters. The predicted octanol–water partition coefficient (Wildman–Crippen LogP) is 4.15. The molecule has 3 rings (SSSR count). The van der Waals surface area contributed by atoms with Crippen LogP contribution in [0.3, 0.4) is 0 Å². The maximum absolute atomic E-state index is 2.39. The molecule has 153 valence electrons. The molecule has 0 aliphatic heterocycles. The van der Waals surface area contributed by atoms with Crippen molar-refractivity contribution in [3.8, 4) is 0 Å². The SMILES string of the molecule is Cc1cc(C)[c]([Sn]([c]2c(C)cc(C)cc2C)[c]2c(C)cc(C)cc2C)c(C)c1.O. The summed E-state index contributed by atoms with van der Waals surface area (Å²) in [5.74, 6) is 0. The van der Waals surface area contributed by atoms with E-state index in [0.29, 0.717) is 0 Å². The van der Waals surface area contributed by atoms with Gasteiger partial charge in [0.15, 0.2) is 0 Å². The van der Waals surface area contributed by atoms with Crippen molar-refractivity contribution in [1.29, 1.82) is 0 Å². The van der Waals surface area contributed by atoms with Crippen molar-refractivity contribution >= 4 is 30.5 Å². The van der Waals surface area contributed by atoms with Crippen LogP contribution in [0.25, 0.3) is 0 Å². The maximum atomic E-state index is 2.39. The first kappa shape index (κ1) is 23.7. The van der Waals surface area contributed by atoms with Crippen LogP contribution in [0.1, 0.15) is 50.1 Å². The summed E-state index contributed by atoms with van der Waals surface area (Å²) >= 11 is -2.39. The van der Waals surface area contributed by atoms with Crippen molar-refractivity contribution in [3.05, 3.63) is 86.5 Å². The zero-order chi connectivity index (χ0) is 20.7. The van der Waals surface area contributed by atoms with Crippen molar-refractivity contribution in [3.63, 3.8) is 0 Å². The standard InChI is InChI=1S/3C9H11.H2O.Sn/c3*1-7-4-8(2)6-9(3)5-7;;/h3*4-5H,1-3H3;1H2;. The van der Waals surface area contributed by atoms with E-state index in [1.807, 2.05) is 0 Å². The summed E-state index contributed by atoms with van der Waals surface area (Å²) in [6.07, 6.45) is 0. The van der Waals surface area contributed by atoms with Crippen LogP contribution in [0.2, 0.25) is 0 Å². The smallest absolute Gasteiger partial charge is 0.412 e. The van der Waals surface area contributed by atoms with Crippen LogP contribution >= 0.6 is 0 Å². The monoisotopic (exact) mass is 495 g/mol. The number of benzene rings is 3. The third-order valence-electron chi connectivity index (χ3n) is 5.78. The van der Waals surface area contributed by atoms with Crippen LogP contribution in [0.5, 0.6) is 0 Å². The molecule has 0 spiro atoms. The second-order valence-corrected chi connectivity index (χ2v) is 15.1. The van der Waals surface area contributed by atoms with Gasteiger partial charge in [-0.3, -0.25) is 0 Å². The van der Waals surface area contributed by atoms with Gasteiger partial charge in [0.05, 0.1) is 0 Å². The molecular formula is C27H35OSn.